The fourth-order valence-corrected chi connectivity index (χ4v) is 3.47. The fraction of sp³-hybridized carbons (Fsp3) is 0.929. The van der Waals surface area contributed by atoms with Crippen molar-refractivity contribution in [3.63, 3.8) is 0 Å². The van der Waals surface area contributed by atoms with Crippen molar-refractivity contribution in [2.75, 3.05) is 12.8 Å². The third-order valence-corrected chi connectivity index (χ3v) is 4.81. The summed E-state index contributed by atoms with van der Waals surface area (Å²) in [6, 6.07) is 0.226. The van der Waals surface area contributed by atoms with E-state index in [9.17, 15) is 13.2 Å². The molecule has 0 bridgehead atoms. The number of carbonyl (C=O) groups excluding carboxylic acids is 1. The zero-order chi connectivity index (χ0) is 15.3. The second-order valence-corrected chi connectivity index (χ2v) is 8.25. The SMILES string of the molecule is CC1CCC(C(C)C)C(NC(=O)CCNS(C)(=O)=O)C1. The van der Waals surface area contributed by atoms with Gasteiger partial charge in [-0.25, -0.2) is 13.1 Å². The molecule has 3 unspecified atom stereocenters. The van der Waals surface area contributed by atoms with Crippen molar-refractivity contribution in [1.82, 2.24) is 10.0 Å². The van der Waals surface area contributed by atoms with Crippen LogP contribution in [0.25, 0.3) is 0 Å². The van der Waals surface area contributed by atoms with Crippen LogP contribution in [0.15, 0.2) is 0 Å². The van der Waals surface area contributed by atoms with Gasteiger partial charge >= 0.3 is 0 Å². The topological polar surface area (TPSA) is 75.3 Å². The van der Waals surface area contributed by atoms with Crippen LogP contribution in [0.4, 0.5) is 0 Å². The van der Waals surface area contributed by atoms with E-state index in [1.807, 2.05) is 0 Å². The van der Waals surface area contributed by atoms with Gasteiger partial charge in [0.1, 0.15) is 0 Å². The summed E-state index contributed by atoms with van der Waals surface area (Å²) in [6.45, 7) is 6.79. The fourth-order valence-electron chi connectivity index (χ4n) is 3.00. The maximum absolute atomic E-state index is 11.9. The Hall–Kier alpha value is -0.620. The summed E-state index contributed by atoms with van der Waals surface area (Å²) in [5.41, 5.74) is 0. The second kappa shape index (κ2) is 7.41. The lowest BCUT2D eigenvalue weighted by atomic mass is 9.74. The average molecular weight is 304 g/mol. The highest BCUT2D eigenvalue weighted by atomic mass is 32.2. The van der Waals surface area contributed by atoms with E-state index in [1.54, 1.807) is 0 Å². The van der Waals surface area contributed by atoms with E-state index in [2.05, 4.69) is 30.8 Å². The second-order valence-electron chi connectivity index (χ2n) is 6.42. The van der Waals surface area contributed by atoms with Crippen molar-refractivity contribution in [1.29, 1.82) is 0 Å². The molecule has 1 saturated carbocycles. The van der Waals surface area contributed by atoms with Crippen LogP contribution in [0.3, 0.4) is 0 Å². The lowest BCUT2D eigenvalue weighted by Gasteiger charge is -2.37. The molecule has 6 heteroatoms. The maximum Gasteiger partial charge on any atom is 0.221 e. The molecule has 1 aliphatic carbocycles. The van der Waals surface area contributed by atoms with Gasteiger partial charge in [-0.3, -0.25) is 4.79 Å². The van der Waals surface area contributed by atoms with E-state index in [0.717, 1.165) is 19.1 Å². The summed E-state index contributed by atoms with van der Waals surface area (Å²) < 4.78 is 24.2. The van der Waals surface area contributed by atoms with Crippen molar-refractivity contribution in [3.8, 4) is 0 Å². The van der Waals surface area contributed by atoms with Crippen LogP contribution >= 0.6 is 0 Å². The van der Waals surface area contributed by atoms with E-state index in [0.29, 0.717) is 17.8 Å². The minimum atomic E-state index is -3.22. The summed E-state index contributed by atoms with van der Waals surface area (Å²) in [7, 11) is -3.22. The molecule has 0 aromatic carbocycles. The van der Waals surface area contributed by atoms with Crippen molar-refractivity contribution < 1.29 is 13.2 Å². The first-order valence-electron chi connectivity index (χ1n) is 7.43. The molecule has 5 nitrogen and oxygen atoms in total. The summed E-state index contributed by atoms with van der Waals surface area (Å²) in [5.74, 6) is 1.66. The van der Waals surface area contributed by atoms with E-state index >= 15 is 0 Å². The Morgan fingerprint density at radius 1 is 1.30 bits per heavy atom. The number of amides is 1. The summed E-state index contributed by atoms with van der Waals surface area (Å²) in [6.07, 6.45) is 4.70. The van der Waals surface area contributed by atoms with Gasteiger partial charge in [-0.1, -0.05) is 27.2 Å². The minimum Gasteiger partial charge on any atom is -0.353 e. The molecule has 0 radical (unpaired) electrons. The lowest BCUT2D eigenvalue weighted by molar-refractivity contribution is -0.122. The van der Waals surface area contributed by atoms with Crippen molar-refractivity contribution in [2.24, 2.45) is 17.8 Å². The number of rotatable bonds is 6. The van der Waals surface area contributed by atoms with Crippen LogP contribution < -0.4 is 10.0 Å². The quantitative estimate of drug-likeness (QED) is 0.781. The molecule has 118 valence electrons. The largest absolute Gasteiger partial charge is 0.353 e. The highest BCUT2D eigenvalue weighted by Crippen LogP contribution is 2.33. The summed E-state index contributed by atoms with van der Waals surface area (Å²) >= 11 is 0. The first kappa shape index (κ1) is 17.4. The van der Waals surface area contributed by atoms with Crippen LogP contribution in [0.1, 0.15) is 46.5 Å². The lowest BCUT2D eigenvalue weighted by Crippen LogP contribution is -2.46. The van der Waals surface area contributed by atoms with E-state index in [-0.39, 0.29) is 24.9 Å². The number of sulfonamides is 1. The van der Waals surface area contributed by atoms with Crippen molar-refractivity contribution >= 4 is 15.9 Å². The molecule has 0 aromatic rings. The molecule has 0 aliphatic heterocycles. The Kier molecular flexibility index (Phi) is 6.45. The number of hydrogen-bond acceptors (Lipinski definition) is 3. The van der Waals surface area contributed by atoms with Gasteiger partial charge in [-0.05, 0) is 30.6 Å². The van der Waals surface area contributed by atoms with Crippen LogP contribution in [-0.2, 0) is 14.8 Å². The Labute approximate surface area is 122 Å². The van der Waals surface area contributed by atoms with Gasteiger partial charge in [0.25, 0.3) is 0 Å². The van der Waals surface area contributed by atoms with Crippen molar-refractivity contribution in [2.45, 2.75) is 52.5 Å². The Morgan fingerprint density at radius 2 is 1.95 bits per heavy atom. The van der Waals surface area contributed by atoms with Gasteiger partial charge < -0.3 is 5.32 Å². The first-order chi connectivity index (χ1) is 9.19. The highest BCUT2D eigenvalue weighted by molar-refractivity contribution is 7.88. The maximum atomic E-state index is 11.9. The van der Waals surface area contributed by atoms with Crippen LogP contribution in [0.5, 0.6) is 0 Å². The van der Waals surface area contributed by atoms with Crippen molar-refractivity contribution in [3.05, 3.63) is 0 Å². The molecular formula is C14H28N2O3S. The van der Waals surface area contributed by atoms with Gasteiger partial charge in [0.2, 0.25) is 15.9 Å². The molecule has 1 aliphatic rings. The molecule has 2 N–H and O–H groups in total. The normalized spacial score (nSPS) is 27.6. The number of nitrogens with one attached hydrogen (secondary N) is 2. The van der Waals surface area contributed by atoms with Crippen LogP contribution in [0.2, 0.25) is 0 Å². The molecule has 0 saturated heterocycles. The first-order valence-corrected chi connectivity index (χ1v) is 9.32. The molecule has 0 heterocycles. The van der Waals surface area contributed by atoms with Gasteiger partial charge in [-0.15, -0.1) is 0 Å². The third-order valence-electron chi connectivity index (χ3n) is 4.08. The number of carbonyl (C=O) groups is 1. The number of hydrogen-bond donors (Lipinski definition) is 2. The molecular weight excluding hydrogens is 276 g/mol. The molecule has 1 amide bonds. The van der Waals surface area contributed by atoms with E-state index < -0.39 is 10.0 Å². The van der Waals surface area contributed by atoms with Gasteiger partial charge in [0.15, 0.2) is 0 Å². The molecule has 0 spiro atoms. The summed E-state index contributed by atoms with van der Waals surface area (Å²) in [4.78, 5) is 11.9. The van der Waals surface area contributed by atoms with Gasteiger partial charge in [0.05, 0.1) is 6.26 Å². The van der Waals surface area contributed by atoms with Crippen LogP contribution in [0, 0.1) is 17.8 Å². The predicted octanol–water partition coefficient (Wildman–Crippen LogP) is 1.50. The minimum absolute atomic E-state index is 0.0640. The monoisotopic (exact) mass is 304 g/mol. The molecule has 0 aromatic heterocycles. The Balaban J connectivity index is 2.45. The highest BCUT2D eigenvalue weighted by Gasteiger charge is 2.31. The summed E-state index contributed by atoms with van der Waals surface area (Å²) in [5, 5.41) is 3.09. The zero-order valence-corrected chi connectivity index (χ0v) is 13.8. The van der Waals surface area contributed by atoms with E-state index in [4.69, 9.17) is 0 Å². The predicted molar refractivity (Wildman–Crippen MR) is 80.7 cm³/mol. The van der Waals surface area contributed by atoms with Crippen LogP contribution in [-0.4, -0.2) is 33.2 Å². The standard InChI is InChI=1S/C14H28N2O3S/c1-10(2)12-6-5-11(3)9-13(12)16-14(17)7-8-15-20(4,18)19/h10-13,15H,5-9H2,1-4H3,(H,16,17). The Morgan fingerprint density at radius 3 is 2.50 bits per heavy atom. The van der Waals surface area contributed by atoms with Gasteiger partial charge in [-0.2, -0.15) is 0 Å². The molecule has 3 atom stereocenters. The Bertz CT molecular complexity index is 420. The smallest absolute Gasteiger partial charge is 0.221 e. The molecule has 20 heavy (non-hydrogen) atoms. The molecule has 1 fully saturated rings. The average Bonchev–Trinajstić information content (AvgIpc) is 2.26. The molecule has 1 rings (SSSR count). The van der Waals surface area contributed by atoms with Gasteiger partial charge in [0, 0.05) is 19.0 Å². The third kappa shape index (κ3) is 6.22. The van der Waals surface area contributed by atoms with E-state index in [1.165, 1.54) is 6.42 Å². The zero-order valence-electron chi connectivity index (χ0n) is 13.0.